The lowest BCUT2D eigenvalue weighted by atomic mass is 9.90. The molecular formula is C34H40N2O6. The number of nitrogens with one attached hydrogen (secondary N) is 1. The summed E-state index contributed by atoms with van der Waals surface area (Å²) in [5, 5.41) is 4.10. The second kappa shape index (κ2) is 12.0. The Morgan fingerprint density at radius 3 is 2.48 bits per heavy atom. The first-order valence-corrected chi connectivity index (χ1v) is 14.6. The Morgan fingerprint density at radius 1 is 0.976 bits per heavy atom. The number of furan rings is 2. The standard InChI is InChI=1S/C34H40N2O6/c1-33(2,3)42-32(38)36-17-9-12-28(29(36)23-10-7-6-8-11-23)35-31(37)41-34(4,5)16-13-24-20-27(26-14-18-39-22-26)21-25-15-19-40-30(24)25/h6-8,10-11,14-15,18-22,28-29H,9,12-13,16-17H2,1-5H3,(H,35,37). The Balaban J connectivity index is 1.28. The van der Waals surface area contributed by atoms with Crippen LogP contribution in [-0.4, -0.2) is 40.9 Å². The highest BCUT2D eigenvalue weighted by Crippen LogP contribution is 2.34. The summed E-state index contributed by atoms with van der Waals surface area (Å²) in [7, 11) is 0. The van der Waals surface area contributed by atoms with Crippen LogP contribution in [0.15, 0.2) is 82.2 Å². The van der Waals surface area contributed by atoms with Crippen molar-refractivity contribution in [3.8, 4) is 11.1 Å². The fourth-order valence-electron chi connectivity index (χ4n) is 5.59. The maximum atomic E-state index is 13.3. The average molecular weight is 573 g/mol. The van der Waals surface area contributed by atoms with Crippen LogP contribution in [0.4, 0.5) is 9.59 Å². The number of ether oxygens (including phenoxy) is 2. The summed E-state index contributed by atoms with van der Waals surface area (Å²) >= 11 is 0. The van der Waals surface area contributed by atoms with Crippen LogP contribution in [0.5, 0.6) is 0 Å². The third kappa shape index (κ3) is 6.98. The number of hydrogen-bond donors (Lipinski definition) is 1. The zero-order valence-electron chi connectivity index (χ0n) is 25.0. The average Bonchev–Trinajstić information content (AvgIpc) is 3.63. The molecule has 2 amide bonds. The van der Waals surface area contributed by atoms with E-state index < -0.39 is 23.4 Å². The maximum absolute atomic E-state index is 13.3. The number of rotatable bonds is 7. The number of nitrogens with zero attached hydrogens (tertiary/aromatic N) is 1. The second-order valence-electron chi connectivity index (χ2n) is 12.6. The first kappa shape index (κ1) is 29.3. The first-order valence-electron chi connectivity index (χ1n) is 14.6. The molecule has 1 fully saturated rings. The molecule has 2 unspecified atom stereocenters. The van der Waals surface area contributed by atoms with Crippen LogP contribution in [0.2, 0.25) is 0 Å². The van der Waals surface area contributed by atoms with E-state index >= 15 is 0 Å². The Bertz CT molecular complexity index is 1500. The summed E-state index contributed by atoms with van der Waals surface area (Å²) in [6, 6.07) is 17.1. The molecule has 1 aliphatic heterocycles. The summed E-state index contributed by atoms with van der Waals surface area (Å²) in [4.78, 5) is 28.2. The van der Waals surface area contributed by atoms with Crippen molar-refractivity contribution in [2.24, 2.45) is 0 Å². The Morgan fingerprint density at radius 2 is 1.76 bits per heavy atom. The molecule has 0 aliphatic carbocycles. The van der Waals surface area contributed by atoms with Crippen molar-refractivity contribution < 1.29 is 27.9 Å². The second-order valence-corrected chi connectivity index (χ2v) is 12.6. The van der Waals surface area contributed by atoms with E-state index in [1.807, 2.05) is 77.1 Å². The lowest BCUT2D eigenvalue weighted by molar-refractivity contribution is -0.000882. The molecule has 2 aromatic carbocycles. The predicted molar refractivity (Wildman–Crippen MR) is 161 cm³/mol. The van der Waals surface area contributed by atoms with Crippen LogP contribution >= 0.6 is 0 Å². The maximum Gasteiger partial charge on any atom is 0.410 e. The van der Waals surface area contributed by atoms with Crippen molar-refractivity contribution in [3.63, 3.8) is 0 Å². The number of benzene rings is 2. The molecule has 0 spiro atoms. The summed E-state index contributed by atoms with van der Waals surface area (Å²) in [5.74, 6) is 0. The molecule has 3 heterocycles. The third-order valence-corrected chi connectivity index (χ3v) is 7.55. The van der Waals surface area contributed by atoms with E-state index in [2.05, 4.69) is 17.4 Å². The fourth-order valence-corrected chi connectivity index (χ4v) is 5.59. The highest BCUT2D eigenvalue weighted by atomic mass is 16.6. The van der Waals surface area contributed by atoms with Crippen LogP contribution in [-0.2, 0) is 15.9 Å². The van der Waals surface area contributed by atoms with Crippen LogP contribution in [0.3, 0.4) is 0 Å². The Kier molecular flexibility index (Phi) is 8.34. The molecule has 1 aliphatic rings. The molecule has 1 N–H and O–H groups in total. The lowest BCUT2D eigenvalue weighted by Gasteiger charge is -2.42. The summed E-state index contributed by atoms with van der Waals surface area (Å²) in [6.45, 7) is 9.93. The van der Waals surface area contributed by atoms with Gasteiger partial charge in [0.05, 0.1) is 30.9 Å². The number of likely N-dealkylation sites (tertiary alicyclic amines) is 1. The number of piperidine rings is 1. The number of aryl methyl sites for hydroxylation is 1. The molecule has 2 atom stereocenters. The highest BCUT2D eigenvalue weighted by Gasteiger charge is 2.39. The van der Waals surface area contributed by atoms with E-state index in [0.717, 1.165) is 39.6 Å². The van der Waals surface area contributed by atoms with E-state index in [0.29, 0.717) is 25.8 Å². The van der Waals surface area contributed by atoms with Crippen LogP contribution in [0.1, 0.15) is 71.0 Å². The van der Waals surface area contributed by atoms with Gasteiger partial charge in [-0.1, -0.05) is 30.3 Å². The minimum atomic E-state index is -0.754. The fraction of sp³-hybridized carbons (Fsp3) is 0.412. The van der Waals surface area contributed by atoms with E-state index in [4.69, 9.17) is 18.3 Å². The molecule has 0 radical (unpaired) electrons. The first-order chi connectivity index (χ1) is 20.0. The number of alkyl carbamates (subject to hydrolysis) is 1. The smallest absolute Gasteiger partial charge is 0.410 e. The van der Waals surface area contributed by atoms with Gasteiger partial charge >= 0.3 is 12.2 Å². The lowest BCUT2D eigenvalue weighted by Crippen LogP contribution is -2.53. The molecule has 0 saturated carbocycles. The Hall–Kier alpha value is -4.20. The van der Waals surface area contributed by atoms with Gasteiger partial charge in [-0.3, -0.25) is 4.90 Å². The van der Waals surface area contributed by atoms with Crippen LogP contribution in [0, 0.1) is 0 Å². The van der Waals surface area contributed by atoms with Crippen LogP contribution < -0.4 is 5.32 Å². The number of carbonyl (C=O) groups excluding carboxylic acids is 2. The van der Waals surface area contributed by atoms with E-state index in [1.54, 1.807) is 23.7 Å². The van der Waals surface area contributed by atoms with Gasteiger partial charge < -0.3 is 23.6 Å². The highest BCUT2D eigenvalue weighted by molar-refractivity contribution is 5.86. The van der Waals surface area contributed by atoms with Gasteiger partial charge in [0.15, 0.2) is 0 Å². The number of carbonyl (C=O) groups is 2. The molecule has 8 heteroatoms. The van der Waals surface area contributed by atoms with Crippen molar-refractivity contribution in [3.05, 3.63) is 84.5 Å². The predicted octanol–water partition coefficient (Wildman–Crippen LogP) is 8.27. The van der Waals surface area contributed by atoms with Gasteiger partial charge in [-0.15, -0.1) is 0 Å². The number of hydrogen-bond acceptors (Lipinski definition) is 6. The quantitative estimate of drug-likeness (QED) is 0.240. The van der Waals surface area contributed by atoms with Gasteiger partial charge in [0.1, 0.15) is 16.8 Å². The van der Waals surface area contributed by atoms with Crippen molar-refractivity contribution in [2.75, 3.05) is 6.54 Å². The van der Waals surface area contributed by atoms with Crippen molar-refractivity contribution >= 4 is 23.2 Å². The third-order valence-electron chi connectivity index (χ3n) is 7.55. The molecule has 8 nitrogen and oxygen atoms in total. The molecular weight excluding hydrogens is 532 g/mol. The van der Waals surface area contributed by atoms with Crippen molar-refractivity contribution in [1.29, 1.82) is 0 Å². The largest absolute Gasteiger partial charge is 0.472 e. The summed E-state index contributed by atoms with van der Waals surface area (Å²) in [5.41, 5.74) is 3.47. The Labute approximate surface area is 247 Å². The zero-order chi connectivity index (χ0) is 29.9. The van der Waals surface area contributed by atoms with E-state index in [1.165, 1.54) is 0 Å². The minimum absolute atomic E-state index is 0.327. The monoisotopic (exact) mass is 572 g/mol. The molecule has 5 rings (SSSR count). The zero-order valence-corrected chi connectivity index (χ0v) is 25.0. The van der Waals surface area contributed by atoms with Gasteiger partial charge in [0.25, 0.3) is 0 Å². The summed E-state index contributed by atoms with van der Waals surface area (Å²) < 4.78 is 22.8. The SMILES string of the molecule is CC(C)(C)OC(=O)N1CCCC(NC(=O)OC(C)(C)CCc2cc(-c3ccoc3)cc3ccoc23)C1c1ccccc1. The summed E-state index contributed by atoms with van der Waals surface area (Å²) in [6.07, 6.45) is 6.86. The molecule has 1 saturated heterocycles. The van der Waals surface area contributed by atoms with Crippen LogP contribution in [0.25, 0.3) is 22.1 Å². The minimum Gasteiger partial charge on any atom is -0.472 e. The van der Waals surface area contributed by atoms with E-state index in [9.17, 15) is 9.59 Å². The molecule has 222 valence electrons. The normalized spacial score (nSPS) is 17.7. The molecule has 2 aromatic heterocycles. The number of fused-ring (bicyclic) bond motifs is 1. The van der Waals surface area contributed by atoms with Crippen molar-refractivity contribution in [1.82, 2.24) is 10.2 Å². The topological polar surface area (TPSA) is 94.2 Å². The molecule has 0 bridgehead atoms. The van der Waals surface area contributed by atoms with Gasteiger partial charge in [0, 0.05) is 17.5 Å². The van der Waals surface area contributed by atoms with Gasteiger partial charge in [-0.2, -0.15) is 0 Å². The van der Waals surface area contributed by atoms with Gasteiger partial charge in [-0.25, -0.2) is 9.59 Å². The van der Waals surface area contributed by atoms with Gasteiger partial charge in [-0.05, 0) is 101 Å². The molecule has 4 aromatic rings. The van der Waals surface area contributed by atoms with E-state index in [-0.39, 0.29) is 12.1 Å². The van der Waals surface area contributed by atoms with Crippen molar-refractivity contribution in [2.45, 2.75) is 83.6 Å². The molecule has 42 heavy (non-hydrogen) atoms. The number of amides is 2. The van der Waals surface area contributed by atoms with Gasteiger partial charge in [0.2, 0.25) is 0 Å².